The highest BCUT2D eigenvalue weighted by Gasteiger charge is 2.43. The van der Waals surface area contributed by atoms with E-state index in [-0.39, 0.29) is 11.4 Å². The predicted octanol–water partition coefficient (Wildman–Crippen LogP) is 2.90. The van der Waals surface area contributed by atoms with Gasteiger partial charge in [0.25, 0.3) is 5.91 Å². The molecule has 8 nitrogen and oxygen atoms in total. The van der Waals surface area contributed by atoms with Gasteiger partial charge < -0.3 is 22.1 Å². The number of nitrogens with two attached hydrogens (primary N) is 2. The number of fused-ring (bicyclic) bond motifs is 1. The molecule has 35 heavy (non-hydrogen) atoms. The summed E-state index contributed by atoms with van der Waals surface area (Å²) in [5, 5.41) is 7.77. The van der Waals surface area contributed by atoms with Crippen LogP contribution in [0.2, 0.25) is 0 Å². The van der Waals surface area contributed by atoms with Crippen molar-refractivity contribution in [3.05, 3.63) is 82.2 Å². The maximum absolute atomic E-state index is 12.7. The molecule has 0 bridgehead atoms. The average molecular weight is 471 g/mol. The van der Waals surface area contributed by atoms with E-state index in [1.165, 1.54) is 12.4 Å². The molecule has 2 aromatic carbocycles. The Bertz CT molecular complexity index is 1320. The molecule has 0 aliphatic heterocycles. The van der Waals surface area contributed by atoms with Gasteiger partial charge >= 0.3 is 0 Å². The van der Waals surface area contributed by atoms with Crippen molar-refractivity contribution in [3.63, 3.8) is 0 Å². The monoisotopic (exact) mass is 470 g/mol. The molecule has 4 rings (SSSR count). The summed E-state index contributed by atoms with van der Waals surface area (Å²) in [6.45, 7) is 4.78. The Hall–Kier alpha value is -4.20. The smallest absolute Gasteiger partial charge is 0.254 e. The third-order valence-corrected chi connectivity index (χ3v) is 6.68. The highest BCUT2D eigenvalue weighted by Crippen LogP contribution is 2.45. The number of nitrogens with one attached hydrogen (secondary N) is 2. The van der Waals surface area contributed by atoms with Crippen LogP contribution in [0.25, 0.3) is 10.8 Å². The van der Waals surface area contributed by atoms with Gasteiger partial charge in [0, 0.05) is 30.5 Å². The first-order chi connectivity index (χ1) is 16.9. The quantitative estimate of drug-likeness (QED) is 0.217. The number of nitrogens with zero attached hydrogens (tertiary/aromatic N) is 2. The Morgan fingerprint density at radius 2 is 1.91 bits per heavy atom. The fourth-order valence-corrected chi connectivity index (χ4v) is 4.38. The lowest BCUT2D eigenvalue weighted by Gasteiger charge is -2.15. The number of aromatic nitrogens is 1. The number of nitrogen functional groups attached to an aromatic ring is 1. The minimum Gasteiger partial charge on any atom is -0.404 e. The SMILES string of the molecule is Cc1cc2c(N)nccc2c(C)c1CNC(=O)/C(C=NCc1ccc(C2(NC=O)CC2)cc1)=C/N. The van der Waals surface area contributed by atoms with Gasteiger partial charge in [-0.15, -0.1) is 0 Å². The van der Waals surface area contributed by atoms with Crippen molar-refractivity contribution in [2.45, 2.75) is 45.3 Å². The van der Waals surface area contributed by atoms with Gasteiger partial charge in [0.2, 0.25) is 6.41 Å². The lowest BCUT2D eigenvalue weighted by Crippen LogP contribution is -2.27. The highest BCUT2D eigenvalue weighted by molar-refractivity contribution is 6.12. The maximum Gasteiger partial charge on any atom is 0.254 e. The van der Waals surface area contributed by atoms with Crippen LogP contribution in [0.4, 0.5) is 5.82 Å². The second-order valence-electron chi connectivity index (χ2n) is 8.90. The minimum absolute atomic E-state index is 0.206. The zero-order valence-corrected chi connectivity index (χ0v) is 20.0. The van der Waals surface area contributed by atoms with Crippen LogP contribution >= 0.6 is 0 Å². The first-order valence-corrected chi connectivity index (χ1v) is 11.5. The third kappa shape index (κ3) is 5.01. The van der Waals surface area contributed by atoms with Gasteiger partial charge in [-0.25, -0.2) is 4.98 Å². The first-order valence-electron chi connectivity index (χ1n) is 11.5. The number of carbonyl (C=O) groups excluding carboxylic acids is 2. The number of aliphatic imine (C=N–C) groups is 1. The lowest BCUT2D eigenvalue weighted by molar-refractivity contribution is -0.117. The summed E-state index contributed by atoms with van der Waals surface area (Å²) in [6.07, 6.45) is 7.10. The summed E-state index contributed by atoms with van der Waals surface area (Å²) in [7, 11) is 0. The van der Waals surface area contributed by atoms with Gasteiger partial charge in [-0.2, -0.15) is 0 Å². The molecule has 0 spiro atoms. The van der Waals surface area contributed by atoms with E-state index < -0.39 is 0 Å². The highest BCUT2D eigenvalue weighted by atomic mass is 16.1. The number of anilines is 1. The van der Waals surface area contributed by atoms with Crippen LogP contribution in [-0.2, 0) is 28.2 Å². The summed E-state index contributed by atoms with van der Waals surface area (Å²) in [5.74, 6) is 0.198. The van der Waals surface area contributed by atoms with Gasteiger partial charge in [0.1, 0.15) is 5.82 Å². The summed E-state index contributed by atoms with van der Waals surface area (Å²) >= 11 is 0. The summed E-state index contributed by atoms with van der Waals surface area (Å²) in [5.41, 5.74) is 17.0. The molecule has 8 heteroatoms. The van der Waals surface area contributed by atoms with E-state index in [4.69, 9.17) is 11.5 Å². The van der Waals surface area contributed by atoms with Crippen LogP contribution in [0.15, 0.2) is 59.4 Å². The summed E-state index contributed by atoms with van der Waals surface area (Å²) < 4.78 is 0. The molecule has 2 amide bonds. The number of carbonyl (C=O) groups is 2. The molecule has 3 aromatic rings. The molecule has 1 aromatic heterocycles. The average Bonchev–Trinajstić information content (AvgIpc) is 3.63. The molecule has 0 radical (unpaired) electrons. The Morgan fingerprint density at radius 3 is 2.57 bits per heavy atom. The fourth-order valence-electron chi connectivity index (χ4n) is 4.38. The second kappa shape index (κ2) is 9.97. The topological polar surface area (TPSA) is 135 Å². The standard InChI is InChI=1S/C27H30N6O2/c1-17-11-23-22(7-10-31-25(23)29)18(2)24(17)15-32-26(35)20(12-28)14-30-13-19-3-5-21(6-4-19)27(8-9-27)33-16-34/h3-7,10-12,14,16H,8-9,13,15,28H2,1-2H3,(H2,29,31)(H,32,35)(H,33,34)/b20-12+,30-14?. The molecule has 1 aliphatic carbocycles. The molecular weight excluding hydrogens is 440 g/mol. The van der Waals surface area contributed by atoms with Crippen molar-refractivity contribution >= 4 is 35.1 Å². The van der Waals surface area contributed by atoms with Crippen molar-refractivity contribution in [1.29, 1.82) is 0 Å². The fraction of sp³-hybridized carbons (Fsp3) is 0.259. The third-order valence-electron chi connectivity index (χ3n) is 6.68. The molecule has 6 N–H and O–H groups in total. The molecule has 0 unspecified atom stereocenters. The molecule has 180 valence electrons. The maximum atomic E-state index is 12.7. The number of rotatable bonds is 9. The second-order valence-corrected chi connectivity index (χ2v) is 8.90. The number of aryl methyl sites for hydroxylation is 2. The molecule has 1 saturated carbocycles. The van der Waals surface area contributed by atoms with Crippen molar-refractivity contribution in [1.82, 2.24) is 15.6 Å². The van der Waals surface area contributed by atoms with Crippen LogP contribution in [0.1, 0.15) is 40.7 Å². The van der Waals surface area contributed by atoms with Crippen LogP contribution in [0.3, 0.4) is 0 Å². The van der Waals surface area contributed by atoms with Crippen molar-refractivity contribution in [2.75, 3.05) is 5.73 Å². The number of amides is 2. The van der Waals surface area contributed by atoms with E-state index in [9.17, 15) is 9.59 Å². The van der Waals surface area contributed by atoms with E-state index in [1.807, 2.05) is 50.2 Å². The number of pyridine rings is 1. The van der Waals surface area contributed by atoms with Crippen LogP contribution in [0, 0.1) is 13.8 Å². The molecule has 1 heterocycles. The van der Waals surface area contributed by atoms with Crippen molar-refractivity contribution in [2.24, 2.45) is 10.7 Å². The zero-order chi connectivity index (χ0) is 25.0. The van der Waals surface area contributed by atoms with Gasteiger partial charge in [-0.3, -0.25) is 14.6 Å². The Balaban J connectivity index is 1.38. The van der Waals surface area contributed by atoms with Gasteiger partial charge in [0.05, 0.1) is 17.7 Å². The summed E-state index contributed by atoms with van der Waals surface area (Å²) in [4.78, 5) is 32.1. The summed E-state index contributed by atoms with van der Waals surface area (Å²) in [6, 6.07) is 11.9. The van der Waals surface area contributed by atoms with Crippen LogP contribution in [0.5, 0.6) is 0 Å². The van der Waals surface area contributed by atoms with Gasteiger partial charge in [-0.05, 0) is 72.0 Å². The van der Waals surface area contributed by atoms with E-state index in [1.54, 1.807) is 6.20 Å². The number of benzene rings is 2. The molecule has 0 atom stereocenters. The Labute approximate surface area is 204 Å². The number of hydrogen-bond acceptors (Lipinski definition) is 6. The van der Waals surface area contributed by atoms with E-state index in [2.05, 4.69) is 20.6 Å². The molecule has 1 aliphatic rings. The van der Waals surface area contributed by atoms with Crippen molar-refractivity contribution in [3.8, 4) is 0 Å². The van der Waals surface area contributed by atoms with Crippen molar-refractivity contribution < 1.29 is 9.59 Å². The molecular formula is C27H30N6O2. The Kier molecular flexibility index (Phi) is 6.82. The van der Waals surface area contributed by atoms with Crippen LogP contribution in [-0.4, -0.2) is 23.5 Å². The largest absolute Gasteiger partial charge is 0.404 e. The zero-order valence-electron chi connectivity index (χ0n) is 20.0. The van der Waals surface area contributed by atoms with Crippen LogP contribution < -0.4 is 22.1 Å². The van der Waals surface area contributed by atoms with E-state index >= 15 is 0 Å². The van der Waals surface area contributed by atoms with E-state index in [0.717, 1.165) is 57.8 Å². The minimum atomic E-state index is -0.296. The lowest BCUT2D eigenvalue weighted by atomic mass is 9.96. The van der Waals surface area contributed by atoms with Gasteiger partial charge in [0.15, 0.2) is 0 Å². The molecule has 0 saturated heterocycles. The number of hydrogen-bond donors (Lipinski definition) is 4. The normalized spacial score (nSPS) is 14.7. The Morgan fingerprint density at radius 1 is 1.17 bits per heavy atom. The van der Waals surface area contributed by atoms with Gasteiger partial charge in [-0.1, -0.05) is 24.3 Å². The first kappa shape index (κ1) is 23.9. The predicted molar refractivity (Wildman–Crippen MR) is 138 cm³/mol. The van der Waals surface area contributed by atoms with E-state index in [0.29, 0.717) is 24.5 Å². The molecule has 1 fully saturated rings.